The maximum absolute atomic E-state index is 8.81. The zero-order chi connectivity index (χ0) is 9.80. The molecule has 1 aromatic heterocycles. The summed E-state index contributed by atoms with van der Waals surface area (Å²) in [6.45, 7) is 0.821. The van der Waals surface area contributed by atoms with Gasteiger partial charge < -0.3 is 9.84 Å². The Morgan fingerprint density at radius 1 is 1.43 bits per heavy atom. The van der Waals surface area contributed by atoms with Crippen LogP contribution in [0.5, 0.6) is 5.88 Å². The van der Waals surface area contributed by atoms with E-state index >= 15 is 0 Å². The van der Waals surface area contributed by atoms with Crippen molar-refractivity contribution in [2.45, 2.75) is 25.9 Å². The molecule has 0 radical (unpaired) electrons. The van der Waals surface area contributed by atoms with Crippen LogP contribution >= 0.6 is 0 Å². The first-order chi connectivity index (χ1) is 6.88. The average Bonchev–Trinajstić information content (AvgIpc) is 2.16. The Morgan fingerprint density at radius 2 is 2.29 bits per heavy atom. The highest BCUT2D eigenvalue weighted by Gasteiger charge is 2.17. The predicted molar refractivity (Wildman–Crippen MR) is 53.0 cm³/mol. The van der Waals surface area contributed by atoms with Gasteiger partial charge in [0.1, 0.15) is 0 Å². The smallest absolute Gasteiger partial charge is 0.213 e. The molecule has 3 heteroatoms. The molecule has 1 aliphatic carbocycles. The van der Waals surface area contributed by atoms with Crippen molar-refractivity contribution in [2.24, 2.45) is 5.92 Å². The number of hydrogen-bond acceptors (Lipinski definition) is 3. The van der Waals surface area contributed by atoms with Crippen LogP contribution in [0, 0.1) is 5.92 Å². The second kappa shape index (κ2) is 4.42. The molecule has 1 aliphatic rings. The van der Waals surface area contributed by atoms with E-state index in [0.29, 0.717) is 5.88 Å². The molecule has 1 N–H and O–H groups in total. The van der Waals surface area contributed by atoms with Crippen molar-refractivity contribution in [3.05, 3.63) is 23.9 Å². The number of aliphatic hydroxyl groups is 1. The molecule has 1 aromatic rings. The van der Waals surface area contributed by atoms with Crippen LogP contribution in [0.4, 0.5) is 0 Å². The van der Waals surface area contributed by atoms with Crippen molar-refractivity contribution in [3.8, 4) is 5.88 Å². The lowest BCUT2D eigenvalue weighted by atomic mass is 9.86. The van der Waals surface area contributed by atoms with Crippen LogP contribution in [0.2, 0.25) is 0 Å². The van der Waals surface area contributed by atoms with E-state index in [1.54, 1.807) is 6.20 Å². The van der Waals surface area contributed by atoms with E-state index in [-0.39, 0.29) is 6.61 Å². The lowest BCUT2D eigenvalue weighted by Crippen LogP contribution is -2.19. The van der Waals surface area contributed by atoms with Crippen molar-refractivity contribution in [1.82, 2.24) is 4.98 Å². The Bertz CT molecular complexity index is 280. The Balaban J connectivity index is 1.83. The van der Waals surface area contributed by atoms with Crippen molar-refractivity contribution >= 4 is 0 Å². The maximum Gasteiger partial charge on any atom is 0.213 e. The fraction of sp³-hybridized carbons (Fsp3) is 0.545. The van der Waals surface area contributed by atoms with Gasteiger partial charge in [0.05, 0.1) is 13.2 Å². The molecule has 0 amide bonds. The molecule has 0 spiro atoms. The van der Waals surface area contributed by atoms with Gasteiger partial charge in [-0.05, 0) is 30.4 Å². The molecule has 0 bridgehead atoms. The van der Waals surface area contributed by atoms with Gasteiger partial charge in [-0.3, -0.25) is 0 Å². The molecular formula is C11H15NO2. The number of pyridine rings is 1. The Kier molecular flexibility index (Phi) is 2.99. The maximum atomic E-state index is 8.81. The van der Waals surface area contributed by atoms with Crippen LogP contribution in [0.15, 0.2) is 18.3 Å². The van der Waals surface area contributed by atoms with Gasteiger partial charge in [0.2, 0.25) is 5.88 Å². The second-order valence-corrected chi connectivity index (χ2v) is 3.77. The Labute approximate surface area is 83.7 Å². The van der Waals surface area contributed by atoms with Crippen LogP contribution in [0.25, 0.3) is 0 Å². The normalized spacial score (nSPS) is 16.4. The molecule has 0 aromatic carbocycles. The molecule has 2 rings (SSSR count). The van der Waals surface area contributed by atoms with Crippen LogP contribution in [0.1, 0.15) is 24.8 Å². The molecule has 1 saturated carbocycles. The minimum absolute atomic E-state index is 0.0376. The highest BCUT2D eigenvalue weighted by Crippen LogP contribution is 2.26. The monoisotopic (exact) mass is 193 g/mol. The molecule has 0 atom stereocenters. The molecule has 76 valence electrons. The third-order valence-electron chi connectivity index (χ3n) is 2.67. The molecule has 0 aliphatic heterocycles. The highest BCUT2D eigenvalue weighted by molar-refractivity contribution is 5.16. The summed E-state index contributed by atoms with van der Waals surface area (Å²) in [5, 5.41) is 8.81. The minimum atomic E-state index is 0.0376. The fourth-order valence-electron chi connectivity index (χ4n) is 1.45. The summed E-state index contributed by atoms with van der Waals surface area (Å²) < 4.78 is 5.52. The lowest BCUT2D eigenvalue weighted by molar-refractivity contribution is 0.175. The summed E-state index contributed by atoms with van der Waals surface area (Å²) in [5.74, 6) is 1.39. The zero-order valence-electron chi connectivity index (χ0n) is 8.15. The van der Waals surface area contributed by atoms with Gasteiger partial charge in [0.15, 0.2) is 0 Å². The lowest BCUT2D eigenvalue weighted by Gasteiger charge is -2.24. The summed E-state index contributed by atoms with van der Waals surface area (Å²) in [6, 6.07) is 3.65. The fourth-order valence-corrected chi connectivity index (χ4v) is 1.45. The van der Waals surface area contributed by atoms with Gasteiger partial charge in [0, 0.05) is 12.3 Å². The van der Waals surface area contributed by atoms with Crippen LogP contribution in [-0.4, -0.2) is 16.7 Å². The summed E-state index contributed by atoms with van der Waals surface area (Å²) in [4.78, 5) is 4.10. The first-order valence-electron chi connectivity index (χ1n) is 5.07. The van der Waals surface area contributed by atoms with E-state index in [2.05, 4.69) is 4.98 Å². The summed E-state index contributed by atoms with van der Waals surface area (Å²) in [7, 11) is 0. The second-order valence-electron chi connectivity index (χ2n) is 3.77. The molecule has 14 heavy (non-hydrogen) atoms. The van der Waals surface area contributed by atoms with E-state index in [9.17, 15) is 0 Å². The number of aliphatic hydroxyl groups excluding tert-OH is 1. The van der Waals surface area contributed by atoms with Gasteiger partial charge >= 0.3 is 0 Å². The van der Waals surface area contributed by atoms with E-state index < -0.39 is 0 Å². The number of nitrogens with zero attached hydrogens (tertiary/aromatic N) is 1. The molecule has 3 nitrogen and oxygen atoms in total. The van der Waals surface area contributed by atoms with Gasteiger partial charge in [-0.15, -0.1) is 0 Å². The van der Waals surface area contributed by atoms with Crippen LogP contribution in [0.3, 0.4) is 0 Å². The quantitative estimate of drug-likeness (QED) is 0.792. The van der Waals surface area contributed by atoms with Gasteiger partial charge in [-0.1, -0.05) is 6.42 Å². The SMILES string of the molecule is OCc1ccc(OCC2CCC2)nc1. The van der Waals surface area contributed by atoms with Crippen molar-refractivity contribution in [3.63, 3.8) is 0 Å². The van der Waals surface area contributed by atoms with E-state index in [0.717, 1.165) is 18.1 Å². The third-order valence-corrected chi connectivity index (χ3v) is 2.67. The molecule has 1 heterocycles. The molecule has 1 fully saturated rings. The Morgan fingerprint density at radius 3 is 2.79 bits per heavy atom. The number of aromatic nitrogens is 1. The van der Waals surface area contributed by atoms with Crippen LogP contribution < -0.4 is 4.74 Å². The van der Waals surface area contributed by atoms with Gasteiger partial charge in [-0.2, -0.15) is 0 Å². The van der Waals surface area contributed by atoms with Crippen molar-refractivity contribution in [2.75, 3.05) is 6.61 Å². The van der Waals surface area contributed by atoms with E-state index in [1.807, 2.05) is 12.1 Å². The van der Waals surface area contributed by atoms with Crippen LogP contribution in [-0.2, 0) is 6.61 Å². The van der Waals surface area contributed by atoms with Crippen molar-refractivity contribution < 1.29 is 9.84 Å². The van der Waals surface area contributed by atoms with E-state index in [4.69, 9.17) is 9.84 Å². The first-order valence-corrected chi connectivity index (χ1v) is 5.07. The zero-order valence-corrected chi connectivity index (χ0v) is 8.15. The molecule has 0 saturated heterocycles. The molecular weight excluding hydrogens is 178 g/mol. The third kappa shape index (κ3) is 2.23. The highest BCUT2D eigenvalue weighted by atomic mass is 16.5. The number of ether oxygens (including phenoxy) is 1. The summed E-state index contributed by atoms with van der Waals surface area (Å²) >= 11 is 0. The molecule has 0 unspecified atom stereocenters. The number of rotatable bonds is 4. The first kappa shape index (κ1) is 9.46. The van der Waals surface area contributed by atoms with Gasteiger partial charge in [-0.25, -0.2) is 4.98 Å². The predicted octanol–water partition coefficient (Wildman–Crippen LogP) is 1.75. The average molecular weight is 193 g/mol. The topological polar surface area (TPSA) is 42.4 Å². The van der Waals surface area contributed by atoms with E-state index in [1.165, 1.54) is 19.3 Å². The summed E-state index contributed by atoms with van der Waals surface area (Å²) in [6.07, 6.45) is 5.56. The standard InChI is InChI=1S/C11H15NO2/c13-7-10-4-5-11(12-6-10)14-8-9-2-1-3-9/h4-6,9,13H,1-3,7-8H2. The van der Waals surface area contributed by atoms with Gasteiger partial charge in [0.25, 0.3) is 0 Å². The number of hydrogen-bond donors (Lipinski definition) is 1. The minimum Gasteiger partial charge on any atom is -0.477 e. The summed E-state index contributed by atoms with van der Waals surface area (Å²) in [5.41, 5.74) is 0.820. The largest absolute Gasteiger partial charge is 0.477 e. The Hall–Kier alpha value is -1.09. The van der Waals surface area contributed by atoms with Crippen molar-refractivity contribution in [1.29, 1.82) is 0 Å².